The van der Waals surface area contributed by atoms with Gasteiger partial charge in [0.25, 0.3) is 5.91 Å². The molecule has 0 radical (unpaired) electrons. The smallest absolute Gasteiger partial charge is 0.255 e. The monoisotopic (exact) mass is 292 g/mol. The molecular formula is C16H24N2O3. The van der Waals surface area contributed by atoms with Crippen LogP contribution in [0.3, 0.4) is 0 Å². The molecule has 1 fully saturated rings. The van der Waals surface area contributed by atoms with Crippen LogP contribution in [-0.4, -0.2) is 32.2 Å². The summed E-state index contributed by atoms with van der Waals surface area (Å²) < 4.78 is 10.6. The zero-order chi connectivity index (χ0) is 15.3. The van der Waals surface area contributed by atoms with Crippen LogP contribution in [0.15, 0.2) is 18.2 Å². The molecule has 1 aliphatic rings. The molecule has 0 aromatic heterocycles. The first kappa shape index (κ1) is 15.6. The second-order valence-electron chi connectivity index (χ2n) is 5.54. The van der Waals surface area contributed by atoms with E-state index in [2.05, 4.69) is 5.32 Å². The highest BCUT2D eigenvalue weighted by Gasteiger charge is 2.33. The van der Waals surface area contributed by atoms with Crippen LogP contribution in [0.4, 0.5) is 0 Å². The lowest BCUT2D eigenvalue weighted by atomic mass is 9.81. The van der Waals surface area contributed by atoms with E-state index < -0.39 is 0 Å². The van der Waals surface area contributed by atoms with Crippen LogP contribution in [0, 0.1) is 0 Å². The van der Waals surface area contributed by atoms with Gasteiger partial charge in [0.1, 0.15) is 0 Å². The van der Waals surface area contributed by atoms with Gasteiger partial charge >= 0.3 is 0 Å². The number of amides is 1. The van der Waals surface area contributed by atoms with Gasteiger partial charge in [-0.1, -0.05) is 25.3 Å². The summed E-state index contributed by atoms with van der Waals surface area (Å²) in [6.07, 6.45) is 5.28. The van der Waals surface area contributed by atoms with Crippen molar-refractivity contribution in [3.63, 3.8) is 0 Å². The zero-order valence-electron chi connectivity index (χ0n) is 12.8. The van der Waals surface area contributed by atoms with Crippen LogP contribution >= 0.6 is 0 Å². The lowest BCUT2D eigenvalue weighted by Gasteiger charge is -2.37. The van der Waals surface area contributed by atoms with Gasteiger partial charge in [0, 0.05) is 6.54 Å². The average molecular weight is 292 g/mol. The summed E-state index contributed by atoms with van der Waals surface area (Å²) in [5.41, 5.74) is 6.11. The van der Waals surface area contributed by atoms with Crippen molar-refractivity contribution in [2.24, 2.45) is 5.73 Å². The van der Waals surface area contributed by atoms with E-state index in [1.807, 2.05) is 0 Å². The van der Waals surface area contributed by atoms with Crippen LogP contribution < -0.4 is 20.5 Å². The minimum absolute atomic E-state index is 0.155. The first-order valence-electron chi connectivity index (χ1n) is 7.39. The third-order valence-corrected chi connectivity index (χ3v) is 4.23. The summed E-state index contributed by atoms with van der Waals surface area (Å²) in [7, 11) is 3.09. The van der Waals surface area contributed by atoms with E-state index in [0.717, 1.165) is 25.7 Å². The summed E-state index contributed by atoms with van der Waals surface area (Å²) in [5, 5.41) is 3.12. The van der Waals surface area contributed by atoms with Gasteiger partial charge in [0.05, 0.1) is 25.3 Å². The third-order valence-electron chi connectivity index (χ3n) is 4.23. The first-order valence-corrected chi connectivity index (χ1v) is 7.39. The van der Waals surface area contributed by atoms with Crippen LogP contribution in [0.1, 0.15) is 42.5 Å². The Morgan fingerprint density at radius 1 is 1.24 bits per heavy atom. The molecule has 0 atom stereocenters. The zero-order valence-corrected chi connectivity index (χ0v) is 12.8. The van der Waals surface area contributed by atoms with E-state index in [1.165, 1.54) is 13.5 Å². The molecule has 21 heavy (non-hydrogen) atoms. The molecule has 1 saturated carbocycles. The molecule has 5 heteroatoms. The van der Waals surface area contributed by atoms with Gasteiger partial charge < -0.3 is 20.5 Å². The van der Waals surface area contributed by atoms with E-state index >= 15 is 0 Å². The number of methoxy groups -OCH3 is 2. The fourth-order valence-electron chi connectivity index (χ4n) is 2.98. The van der Waals surface area contributed by atoms with Crippen molar-refractivity contribution in [1.82, 2.24) is 5.32 Å². The number of ether oxygens (including phenoxy) is 2. The van der Waals surface area contributed by atoms with E-state index in [-0.39, 0.29) is 11.4 Å². The fourth-order valence-corrected chi connectivity index (χ4v) is 2.98. The molecule has 0 spiro atoms. The van der Waals surface area contributed by atoms with E-state index in [9.17, 15) is 4.79 Å². The van der Waals surface area contributed by atoms with Gasteiger partial charge in [-0.3, -0.25) is 4.79 Å². The summed E-state index contributed by atoms with van der Waals surface area (Å²) in [4.78, 5) is 12.6. The summed E-state index contributed by atoms with van der Waals surface area (Å²) >= 11 is 0. The molecule has 5 nitrogen and oxygen atoms in total. The average Bonchev–Trinajstić information content (AvgIpc) is 2.54. The number of para-hydroxylation sites is 1. The van der Waals surface area contributed by atoms with Crippen molar-refractivity contribution in [2.45, 2.75) is 37.6 Å². The lowest BCUT2D eigenvalue weighted by Crippen LogP contribution is -2.54. The Morgan fingerprint density at radius 3 is 2.52 bits per heavy atom. The van der Waals surface area contributed by atoms with Crippen molar-refractivity contribution < 1.29 is 14.3 Å². The second kappa shape index (κ2) is 6.80. The van der Waals surface area contributed by atoms with Gasteiger partial charge in [-0.15, -0.1) is 0 Å². The normalized spacial score (nSPS) is 17.1. The van der Waals surface area contributed by atoms with Crippen molar-refractivity contribution in [2.75, 3.05) is 20.8 Å². The molecule has 0 bridgehead atoms. The molecule has 0 unspecified atom stereocenters. The lowest BCUT2D eigenvalue weighted by molar-refractivity contribution is 0.0871. The highest BCUT2D eigenvalue weighted by atomic mass is 16.5. The standard InChI is InChI=1S/C16H24N2O3/c1-20-13-8-6-7-12(14(13)21-2)15(19)18-16(11-17)9-4-3-5-10-16/h6-8H,3-5,9-11,17H2,1-2H3,(H,18,19). The summed E-state index contributed by atoms with van der Waals surface area (Å²) in [6.45, 7) is 0.463. The predicted octanol–water partition coefficient (Wildman–Crippen LogP) is 2.10. The predicted molar refractivity (Wildman–Crippen MR) is 81.9 cm³/mol. The minimum Gasteiger partial charge on any atom is -0.493 e. The molecule has 1 amide bonds. The van der Waals surface area contributed by atoms with Crippen molar-refractivity contribution in [1.29, 1.82) is 0 Å². The van der Waals surface area contributed by atoms with Gasteiger partial charge in [-0.25, -0.2) is 0 Å². The SMILES string of the molecule is COc1cccc(C(=O)NC2(CN)CCCCC2)c1OC. The Morgan fingerprint density at radius 2 is 1.95 bits per heavy atom. The fraction of sp³-hybridized carbons (Fsp3) is 0.562. The number of hydrogen-bond acceptors (Lipinski definition) is 4. The minimum atomic E-state index is -0.288. The van der Waals surface area contributed by atoms with Crippen LogP contribution in [0.25, 0.3) is 0 Å². The first-order chi connectivity index (χ1) is 10.2. The molecule has 3 N–H and O–H groups in total. The molecule has 0 heterocycles. The number of carbonyl (C=O) groups excluding carboxylic acids is 1. The topological polar surface area (TPSA) is 73.6 Å². The maximum absolute atomic E-state index is 12.6. The maximum Gasteiger partial charge on any atom is 0.255 e. The van der Waals surface area contributed by atoms with Gasteiger partial charge in [0.15, 0.2) is 11.5 Å². The molecule has 1 aliphatic carbocycles. The van der Waals surface area contributed by atoms with Gasteiger partial charge in [-0.05, 0) is 25.0 Å². The summed E-state index contributed by atoms with van der Waals surface area (Å²) in [5.74, 6) is 0.856. The Kier molecular flexibility index (Phi) is 5.07. The highest BCUT2D eigenvalue weighted by molar-refractivity contribution is 5.98. The number of nitrogens with two attached hydrogens (primary N) is 1. The number of hydrogen-bond donors (Lipinski definition) is 2. The van der Waals surface area contributed by atoms with Crippen molar-refractivity contribution in [3.05, 3.63) is 23.8 Å². The van der Waals surface area contributed by atoms with Gasteiger partial charge in [-0.2, -0.15) is 0 Å². The molecule has 1 aromatic rings. The van der Waals surface area contributed by atoms with E-state index in [0.29, 0.717) is 23.6 Å². The number of rotatable bonds is 5. The van der Waals surface area contributed by atoms with Crippen LogP contribution in [0.2, 0.25) is 0 Å². The molecule has 1 aromatic carbocycles. The van der Waals surface area contributed by atoms with E-state index in [4.69, 9.17) is 15.2 Å². The van der Waals surface area contributed by atoms with Crippen LogP contribution in [-0.2, 0) is 0 Å². The molecule has 0 aliphatic heterocycles. The molecule has 0 saturated heterocycles. The van der Waals surface area contributed by atoms with Gasteiger partial charge in [0.2, 0.25) is 0 Å². The Balaban J connectivity index is 2.23. The Labute approximate surface area is 125 Å². The Bertz CT molecular complexity index is 496. The number of nitrogens with one attached hydrogen (secondary N) is 1. The number of carbonyl (C=O) groups is 1. The molecule has 116 valence electrons. The van der Waals surface area contributed by atoms with Crippen molar-refractivity contribution >= 4 is 5.91 Å². The number of benzene rings is 1. The second-order valence-corrected chi connectivity index (χ2v) is 5.54. The van der Waals surface area contributed by atoms with E-state index in [1.54, 1.807) is 25.3 Å². The maximum atomic E-state index is 12.6. The molecular weight excluding hydrogens is 268 g/mol. The third kappa shape index (κ3) is 3.29. The van der Waals surface area contributed by atoms with Crippen molar-refractivity contribution in [3.8, 4) is 11.5 Å². The Hall–Kier alpha value is -1.75. The largest absolute Gasteiger partial charge is 0.493 e. The van der Waals surface area contributed by atoms with Crippen LogP contribution in [0.5, 0.6) is 11.5 Å². The quantitative estimate of drug-likeness (QED) is 0.871. The summed E-state index contributed by atoms with van der Waals surface area (Å²) in [6, 6.07) is 5.30. The highest BCUT2D eigenvalue weighted by Crippen LogP contribution is 2.32. The molecule has 2 rings (SSSR count).